The van der Waals surface area contributed by atoms with Crippen molar-refractivity contribution >= 4 is 21.4 Å². The molecule has 1 fully saturated rings. The molecule has 1 aromatic carbocycles. The molecule has 144 valence electrons. The number of hydrogen-bond acceptors (Lipinski definition) is 6. The predicted molar refractivity (Wildman–Crippen MR) is 104 cm³/mol. The van der Waals surface area contributed by atoms with Gasteiger partial charge in [-0.1, -0.05) is 19.8 Å². The summed E-state index contributed by atoms with van der Waals surface area (Å²) >= 11 is 0. The van der Waals surface area contributed by atoms with Crippen LogP contribution < -0.4 is 15.8 Å². The van der Waals surface area contributed by atoms with Crippen molar-refractivity contribution in [2.24, 2.45) is 0 Å². The van der Waals surface area contributed by atoms with Crippen LogP contribution in [0.5, 0.6) is 0 Å². The molecule has 1 saturated heterocycles. The lowest BCUT2D eigenvalue weighted by atomic mass is 10.1. The van der Waals surface area contributed by atoms with Crippen LogP contribution in [0.4, 0.5) is 11.4 Å². The van der Waals surface area contributed by atoms with Crippen LogP contribution in [-0.4, -0.2) is 38.6 Å². The Bertz CT molecular complexity index is 738. The normalized spacial score (nSPS) is 18.0. The van der Waals surface area contributed by atoms with E-state index in [-0.39, 0.29) is 11.1 Å². The molecule has 2 unspecified atom stereocenters. The number of nitrogen functional groups attached to an aromatic ring is 1. The van der Waals surface area contributed by atoms with Gasteiger partial charge in [-0.15, -0.1) is 0 Å². The van der Waals surface area contributed by atoms with Gasteiger partial charge in [-0.3, -0.25) is 4.90 Å². The molecule has 0 amide bonds. The van der Waals surface area contributed by atoms with Gasteiger partial charge >= 0.3 is 0 Å². The average molecular weight is 380 g/mol. The number of nitrogens with one attached hydrogen (secondary N) is 2. The molecular weight excluding hydrogens is 350 g/mol. The Hall–Kier alpha value is -1.82. The van der Waals surface area contributed by atoms with Crippen molar-refractivity contribution in [1.82, 2.24) is 9.62 Å². The van der Waals surface area contributed by atoms with E-state index >= 15 is 0 Å². The summed E-state index contributed by atoms with van der Waals surface area (Å²) in [5.41, 5.74) is 6.65. The molecule has 1 aromatic rings. The van der Waals surface area contributed by atoms with Crippen molar-refractivity contribution in [3.63, 3.8) is 0 Å². The third-order valence-corrected chi connectivity index (χ3v) is 6.21. The lowest BCUT2D eigenvalue weighted by molar-refractivity contribution is 0.166. The molecule has 1 heterocycles. The maximum absolute atomic E-state index is 12.9. The SMILES string of the molecule is CCCC(C#N)Nc1cc(N)ccc1S(=O)(=O)NC(C)N1CCCCC1. The molecule has 0 spiro atoms. The quantitative estimate of drug-likeness (QED) is 0.598. The number of sulfonamides is 1. The van der Waals surface area contributed by atoms with Crippen molar-refractivity contribution in [2.45, 2.75) is 63.1 Å². The standard InChI is InChI=1S/C18H29N5O2S/c1-3-7-16(13-19)21-17-12-15(20)8-9-18(17)26(24,25)22-14(2)23-10-5-4-6-11-23/h8-9,12,14,16,21-22H,3-7,10-11,20H2,1-2H3. The highest BCUT2D eigenvalue weighted by Gasteiger charge is 2.25. The second-order valence-corrected chi connectivity index (χ2v) is 8.45. The molecule has 0 bridgehead atoms. The second-order valence-electron chi connectivity index (χ2n) is 6.76. The van der Waals surface area contributed by atoms with Crippen LogP contribution in [0.15, 0.2) is 23.1 Å². The van der Waals surface area contributed by atoms with Gasteiger partial charge in [-0.2, -0.15) is 9.98 Å². The second kappa shape index (κ2) is 9.21. The number of nitrogens with two attached hydrogens (primary N) is 1. The Morgan fingerprint density at radius 2 is 2.00 bits per heavy atom. The van der Waals surface area contributed by atoms with Crippen LogP contribution >= 0.6 is 0 Å². The fourth-order valence-corrected chi connectivity index (χ4v) is 4.59. The molecule has 0 saturated carbocycles. The molecule has 0 aromatic heterocycles. The summed E-state index contributed by atoms with van der Waals surface area (Å²) in [6.07, 6.45) is 4.52. The number of anilines is 2. The van der Waals surface area contributed by atoms with Crippen LogP contribution in [0.3, 0.4) is 0 Å². The van der Waals surface area contributed by atoms with E-state index in [4.69, 9.17) is 5.73 Å². The van der Waals surface area contributed by atoms with Crippen molar-refractivity contribution in [3.8, 4) is 6.07 Å². The fourth-order valence-electron chi connectivity index (χ4n) is 3.21. The fraction of sp³-hybridized carbons (Fsp3) is 0.611. The zero-order valence-electron chi connectivity index (χ0n) is 15.5. The number of piperidine rings is 1. The Kier molecular flexibility index (Phi) is 7.26. The van der Waals surface area contributed by atoms with Gasteiger partial charge in [0.25, 0.3) is 0 Å². The zero-order chi connectivity index (χ0) is 19.2. The minimum atomic E-state index is -3.74. The highest BCUT2D eigenvalue weighted by molar-refractivity contribution is 7.89. The first kappa shape index (κ1) is 20.5. The largest absolute Gasteiger partial charge is 0.399 e. The molecule has 4 N–H and O–H groups in total. The van der Waals surface area contributed by atoms with Crippen LogP contribution in [0.25, 0.3) is 0 Å². The first-order valence-electron chi connectivity index (χ1n) is 9.19. The van der Waals surface area contributed by atoms with E-state index in [1.54, 1.807) is 12.1 Å². The van der Waals surface area contributed by atoms with Gasteiger partial charge in [0.15, 0.2) is 0 Å². The summed E-state index contributed by atoms with van der Waals surface area (Å²) < 4.78 is 28.6. The number of hydrogen-bond donors (Lipinski definition) is 3. The first-order valence-corrected chi connectivity index (χ1v) is 10.7. The Labute approximate surface area is 156 Å². The van der Waals surface area contributed by atoms with Crippen LogP contribution in [0.1, 0.15) is 46.0 Å². The van der Waals surface area contributed by atoms with Gasteiger partial charge in [-0.25, -0.2) is 8.42 Å². The lowest BCUT2D eigenvalue weighted by Gasteiger charge is -2.32. The topological polar surface area (TPSA) is 111 Å². The molecule has 8 heteroatoms. The average Bonchev–Trinajstić information content (AvgIpc) is 2.61. The van der Waals surface area contributed by atoms with Crippen molar-refractivity contribution in [1.29, 1.82) is 5.26 Å². The number of benzene rings is 1. The molecular formula is C18H29N5O2S. The van der Waals surface area contributed by atoms with E-state index < -0.39 is 16.1 Å². The van der Waals surface area contributed by atoms with E-state index in [1.807, 2.05) is 13.8 Å². The third-order valence-electron chi connectivity index (χ3n) is 4.62. The summed E-state index contributed by atoms with van der Waals surface area (Å²) in [6.45, 7) is 5.63. The maximum Gasteiger partial charge on any atom is 0.243 e. The summed E-state index contributed by atoms with van der Waals surface area (Å²) in [6, 6.07) is 6.32. The molecule has 1 aliphatic heterocycles. The van der Waals surface area contributed by atoms with Gasteiger partial charge < -0.3 is 11.1 Å². The lowest BCUT2D eigenvalue weighted by Crippen LogP contribution is -2.48. The molecule has 2 rings (SSSR count). The van der Waals surface area contributed by atoms with E-state index in [0.29, 0.717) is 17.8 Å². The minimum Gasteiger partial charge on any atom is -0.399 e. The Morgan fingerprint density at radius 1 is 1.31 bits per heavy atom. The monoisotopic (exact) mass is 379 g/mol. The summed E-state index contributed by atoms with van der Waals surface area (Å²) in [5, 5.41) is 12.3. The summed E-state index contributed by atoms with van der Waals surface area (Å²) in [7, 11) is -3.74. The molecule has 2 atom stereocenters. The van der Waals surface area contributed by atoms with Crippen LogP contribution in [0, 0.1) is 11.3 Å². The zero-order valence-corrected chi connectivity index (χ0v) is 16.3. The van der Waals surface area contributed by atoms with E-state index in [1.165, 1.54) is 12.5 Å². The van der Waals surface area contributed by atoms with Gasteiger partial charge in [0.2, 0.25) is 10.0 Å². The number of nitriles is 1. The molecule has 0 radical (unpaired) electrons. The van der Waals surface area contributed by atoms with Crippen molar-refractivity contribution < 1.29 is 8.42 Å². The smallest absolute Gasteiger partial charge is 0.243 e. The predicted octanol–water partition coefficient (Wildman–Crippen LogP) is 2.48. The van der Waals surface area contributed by atoms with Crippen LogP contribution in [0.2, 0.25) is 0 Å². The number of likely N-dealkylation sites (tertiary alicyclic amines) is 1. The molecule has 1 aliphatic rings. The van der Waals surface area contributed by atoms with Crippen molar-refractivity contribution in [3.05, 3.63) is 18.2 Å². The third kappa shape index (κ3) is 5.34. The number of nitrogens with zero attached hydrogens (tertiary/aromatic N) is 2. The van der Waals surface area contributed by atoms with E-state index in [2.05, 4.69) is 21.0 Å². The van der Waals surface area contributed by atoms with Gasteiger partial charge in [0.1, 0.15) is 10.9 Å². The van der Waals surface area contributed by atoms with E-state index in [9.17, 15) is 13.7 Å². The van der Waals surface area contributed by atoms with Gasteiger partial charge in [0.05, 0.1) is 17.9 Å². The first-order chi connectivity index (χ1) is 12.4. The van der Waals surface area contributed by atoms with Gasteiger partial charge in [-0.05, 0) is 57.5 Å². The minimum absolute atomic E-state index is 0.118. The Balaban J connectivity index is 2.23. The van der Waals surface area contributed by atoms with Crippen LogP contribution in [-0.2, 0) is 10.0 Å². The number of rotatable bonds is 8. The summed E-state index contributed by atoms with van der Waals surface area (Å²) in [4.78, 5) is 2.26. The molecule has 7 nitrogen and oxygen atoms in total. The van der Waals surface area contributed by atoms with Gasteiger partial charge in [0, 0.05) is 5.69 Å². The Morgan fingerprint density at radius 3 is 2.62 bits per heavy atom. The van der Waals surface area contributed by atoms with E-state index in [0.717, 1.165) is 32.4 Å². The van der Waals surface area contributed by atoms with Crippen molar-refractivity contribution in [2.75, 3.05) is 24.1 Å². The summed E-state index contributed by atoms with van der Waals surface area (Å²) in [5.74, 6) is 0. The molecule has 0 aliphatic carbocycles. The molecule has 26 heavy (non-hydrogen) atoms. The maximum atomic E-state index is 12.9. The highest BCUT2D eigenvalue weighted by Crippen LogP contribution is 2.26. The highest BCUT2D eigenvalue weighted by atomic mass is 32.2.